The first-order valence-corrected chi connectivity index (χ1v) is 11.5. The van der Waals surface area contributed by atoms with Gasteiger partial charge in [0.1, 0.15) is 24.9 Å². The van der Waals surface area contributed by atoms with Gasteiger partial charge in [0.05, 0.1) is 12.2 Å². The van der Waals surface area contributed by atoms with Gasteiger partial charge in [-0.15, -0.1) is 0 Å². The maximum absolute atomic E-state index is 12.0. The molecule has 28 heavy (non-hydrogen) atoms. The second-order valence-corrected chi connectivity index (χ2v) is 8.89. The molecule has 0 aliphatic carbocycles. The minimum Gasteiger partial charge on any atom is -0.461 e. The van der Waals surface area contributed by atoms with Crippen LogP contribution in [0, 0.1) is 0 Å². The number of ether oxygens (including phenoxy) is 7. The average molecular weight is 514 g/mol. The summed E-state index contributed by atoms with van der Waals surface area (Å²) in [5, 5.41) is 0. The predicted octanol–water partition coefficient (Wildman–Crippen LogP) is 2.55. The van der Waals surface area contributed by atoms with Crippen molar-refractivity contribution in [3.05, 3.63) is 0 Å². The van der Waals surface area contributed by atoms with E-state index in [4.69, 9.17) is 33.2 Å². The van der Waals surface area contributed by atoms with Crippen LogP contribution < -0.4 is 0 Å². The summed E-state index contributed by atoms with van der Waals surface area (Å²) < 4.78 is 41.7. The summed E-state index contributed by atoms with van der Waals surface area (Å²) in [4.78, 5) is 12.0. The van der Waals surface area contributed by atoms with Crippen molar-refractivity contribution in [2.24, 2.45) is 0 Å². The fraction of sp³-hybridized carbons (Fsp3) is 0.947. The molecule has 1 unspecified atom stereocenters. The monoisotopic (exact) mass is 514 g/mol. The second kappa shape index (κ2) is 9.84. The molecular formula is C19H31IO8. The Bertz CT molecular complexity index is 522. The van der Waals surface area contributed by atoms with Crippen molar-refractivity contribution in [2.75, 3.05) is 17.6 Å². The summed E-state index contributed by atoms with van der Waals surface area (Å²) in [6, 6.07) is 0. The number of fused-ring (bicyclic) bond motifs is 1. The van der Waals surface area contributed by atoms with E-state index in [-0.39, 0.29) is 25.1 Å². The quantitative estimate of drug-likeness (QED) is 0.278. The van der Waals surface area contributed by atoms with Crippen molar-refractivity contribution in [3.63, 3.8) is 0 Å². The molecule has 162 valence electrons. The van der Waals surface area contributed by atoms with E-state index in [1.807, 2.05) is 13.8 Å². The lowest BCUT2D eigenvalue weighted by Crippen LogP contribution is -2.47. The summed E-state index contributed by atoms with van der Waals surface area (Å²) in [6.45, 7) is 7.79. The van der Waals surface area contributed by atoms with Gasteiger partial charge in [-0.1, -0.05) is 22.6 Å². The molecule has 3 saturated heterocycles. The molecule has 0 bridgehead atoms. The number of esters is 1. The highest BCUT2D eigenvalue weighted by Gasteiger charge is 2.57. The Balaban J connectivity index is 1.67. The van der Waals surface area contributed by atoms with Crippen LogP contribution in [0.3, 0.4) is 0 Å². The first-order valence-electron chi connectivity index (χ1n) is 9.94. The Kier molecular flexibility index (Phi) is 7.96. The standard InChI is InChI=1S/C19H31IO8/c1-11(2)24-13(21)10-23-16-15(26-18-17(16)27-19(3,4)28-18)12(9-20)25-14-7-5-6-8-22-14/h11-12,14-18H,5-10H2,1-4H3/t12-,14?,15-,16-,17-,18-/m1/s1. The molecule has 0 radical (unpaired) electrons. The van der Waals surface area contributed by atoms with E-state index in [2.05, 4.69) is 22.6 Å². The highest BCUT2D eigenvalue weighted by molar-refractivity contribution is 14.1. The third kappa shape index (κ3) is 5.77. The van der Waals surface area contributed by atoms with Gasteiger partial charge in [-0.05, 0) is 47.0 Å². The van der Waals surface area contributed by atoms with Gasteiger partial charge < -0.3 is 33.2 Å². The second-order valence-electron chi connectivity index (χ2n) is 8.01. The number of alkyl halides is 1. The van der Waals surface area contributed by atoms with Gasteiger partial charge in [0.25, 0.3) is 0 Å². The molecule has 3 heterocycles. The highest BCUT2D eigenvalue weighted by atomic mass is 127. The van der Waals surface area contributed by atoms with Gasteiger partial charge in [-0.2, -0.15) is 0 Å². The molecule has 0 N–H and O–H groups in total. The van der Waals surface area contributed by atoms with Crippen LogP contribution in [0.15, 0.2) is 0 Å². The zero-order valence-electron chi connectivity index (χ0n) is 16.9. The van der Waals surface area contributed by atoms with E-state index in [1.165, 1.54) is 0 Å². The van der Waals surface area contributed by atoms with Crippen LogP contribution in [-0.4, -0.2) is 72.5 Å². The summed E-state index contributed by atoms with van der Waals surface area (Å²) in [6.07, 6.45) is 0.349. The average Bonchev–Trinajstić information content (AvgIpc) is 3.10. The Hall–Kier alpha value is -0.0400. The molecule has 3 aliphatic heterocycles. The summed E-state index contributed by atoms with van der Waals surface area (Å²) in [5.41, 5.74) is 0. The zero-order chi connectivity index (χ0) is 20.3. The topological polar surface area (TPSA) is 81.7 Å². The van der Waals surface area contributed by atoms with Gasteiger partial charge in [0.15, 0.2) is 18.4 Å². The Morgan fingerprint density at radius 1 is 1.25 bits per heavy atom. The van der Waals surface area contributed by atoms with Crippen molar-refractivity contribution in [1.29, 1.82) is 0 Å². The minimum absolute atomic E-state index is 0.177. The SMILES string of the molecule is CC(C)OC(=O)CO[C@H]1[C@H]2OC(C)(C)O[C@H]2O[C@@H]1[C@@H](CI)OC1CCCCO1. The molecule has 0 aromatic rings. The number of halogens is 1. The summed E-state index contributed by atoms with van der Waals surface area (Å²) >= 11 is 2.26. The van der Waals surface area contributed by atoms with Crippen molar-refractivity contribution >= 4 is 28.6 Å². The lowest BCUT2D eigenvalue weighted by atomic mass is 10.1. The van der Waals surface area contributed by atoms with E-state index in [0.717, 1.165) is 19.3 Å². The molecule has 0 saturated carbocycles. The smallest absolute Gasteiger partial charge is 0.332 e. The molecule has 0 amide bonds. The van der Waals surface area contributed by atoms with Gasteiger partial charge >= 0.3 is 5.97 Å². The van der Waals surface area contributed by atoms with E-state index in [1.54, 1.807) is 13.8 Å². The van der Waals surface area contributed by atoms with Crippen LogP contribution in [0.2, 0.25) is 0 Å². The minimum atomic E-state index is -0.770. The normalized spacial score (nSPS) is 35.7. The van der Waals surface area contributed by atoms with Gasteiger partial charge in [-0.3, -0.25) is 0 Å². The van der Waals surface area contributed by atoms with Crippen molar-refractivity contribution < 1.29 is 38.0 Å². The summed E-state index contributed by atoms with van der Waals surface area (Å²) in [7, 11) is 0. The lowest BCUT2D eigenvalue weighted by Gasteiger charge is -2.33. The van der Waals surface area contributed by atoms with Crippen LogP contribution in [0.5, 0.6) is 0 Å². The van der Waals surface area contributed by atoms with Gasteiger partial charge in [0.2, 0.25) is 0 Å². The number of carbonyl (C=O) groups is 1. The molecule has 0 aromatic heterocycles. The van der Waals surface area contributed by atoms with Crippen LogP contribution in [-0.2, 0) is 38.0 Å². The van der Waals surface area contributed by atoms with Gasteiger partial charge in [0, 0.05) is 11.0 Å². The predicted molar refractivity (Wildman–Crippen MR) is 107 cm³/mol. The first kappa shape index (κ1) is 22.6. The molecular weight excluding hydrogens is 483 g/mol. The van der Waals surface area contributed by atoms with Crippen LogP contribution in [0.25, 0.3) is 0 Å². The molecule has 9 heteroatoms. The summed E-state index contributed by atoms with van der Waals surface area (Å²) in [5.74, 6) is -1.19. The molecule has 6 atom stereocenters. The third-order valence-electron chi connectivity index (χ3n) is 4.77. The highest BCUT2D eigenvalue weighted by Crippen LogP contribution is 2.40. The fourth-order valence-electron chi connectivity index (χ4n) is 3.67. The van der Waals surface area contributed by atoms with E-state index >= 15 is 0 Å². The number of hydrogen-bond donors (Lipinski definition) is 0. The fourth-order valence-corrected chi connectivity index (χ4v) is 4.38. The van der Waals surface area contributed by atoms with Crippen molar-refractivity contribution in [2.45, 2.75) is 95.8 Å². The number of rotatable bonds is 8. The van der Waals surface area contributed by atoms with Crippen LogP contribution in [0.4, 0.5) is 0 Å². The lowest BCUT2D eigenvalue weighted by molar-refractivity contribution is -0.252. The first-order chi connectivity index (χ1) is 13.3. The zero-order valence-corrected chi connectivity index (χ0v) is 19.1. The molecule has 3 fully saturated rings. The molecule has 8 nitrogen and oxygen atoms in total. The van der Waals surface area contributed by atoms with Crippen molar-refractivity contribution in [1.82, 2.24) is 0 Å². The number of hydrogen-bond acceptors (Lipinski definition) is 8. The Labute approximate surface area is 180 Å². The van der Waals surface area contributed by atoms with Crippen LogP contribution >= 0.6 is 22.6 Å². The Morgan fingerprint density at radius 3 is 2.68 bits per heavy atom. The van der Waals surface area contributed by atoms with E-state index in [0.29, 0.717) is 11.0 Å². The molecule has 3 aliphatic rings. The molecule has 0 aromatic carbocycles. The van der Waals surface area contributed by atoms with Crippen molar-refractivity contribution in [3.8, 4) is 0 Å². The molecule has 3 rings (SSSR count). The molecule has 0 spiro atoms. The van der Waals surface area contributed by atoms with Crippen LogP contribution in [0.1, 0.15) is 47.0 Å². The Morgan fingerprint density at radius 2 is 2.04 bits per heavy atom. The third-order valence-corrected chi connectivity index (χ3v) is 5.64. The maximum Gasteiger partial charge on any atom is 0.332 e. The van der Waals surface area contributed by atoms with E-state index < -0.39 is 36.4 Å². The largest absolute Gasteiger partial charge is 0.461 e. The maximum atomic E-state index is 12.0. The van der Waals surface area contributed by atoms with E-state index in [9.17, 15) is 4.79 Å². The van der Waals surface area contributed by atoms with Gasteiger partial charge in [-0.25, -0.2) is 4.79 Å². The number of carbonyl (C=O) groups excluding carboxylic acids is 1.